The molecule has 1 aromatic carbocycles. The zero-order valence-electron chi connectivity index (χ0n) is 16.5. The van der Waals surface area contributed by atoms with Crippen LogP contribution in [0.15, 0.2) is 12.1 Å². The number of rotatable bonds is 5. The first kappa shape index (κ1) is 26.1. The van der Waals surface area contributed by atoms with E-state index in [9.17, 15) is 48.3 Å². The minimum Gasteiger partial charge on any atom is -0.464 e. The molecule has 1 aliphatic heterocycles. The van der Waals surface area contributed by atoms with Gasteiger partial charge in [-0.1, -0.05) is 13.0 Å². The number of carbonyl (C=O) groups excluding carboxylic acids is 1. The number of hydrogen-bond donors (Lipinski definition) is 0. The van der Waals surface area contributed by atoms with Crippen molar-refractivity contribution in [1.82, 2.24) is 0 Å². The molecule has 0 radical (unpaired) electrons. The minimum absolute atomic E-state index is 0.327. The molecule has 1 fully saturated rings. The summed E-state index contributed by atoms with van der Waals surface area (Å²) in [5.41, 5.74) is -10.1. The van der Waals surface area contributed by atoms with E-state index in [0.717, 1.165) is 6.92 Å². The third-order valence-electron chi connectivity index (χ3n) is 5.10. The molecule has 1 aromatic rings. The van der Waals surface area contributed by atoms with Crippen LogP contribution in [0.2, 0.25) is 0 Å². The van der Waals surface area contributed by atoms with Gasteiger partial charge in [-0.05, 0) is 19.9 Å². The van der Waals surface area contributed by atoms with Crippen LogP contribution in [0.1, 0.15) is 32.3 Å². The molecule has 1 saturated heterocycles. The molecular formula is C17H16F8O6S. The van der Waals surface area contributed by atoms with Gasteiger partial charge in [-0.2, -0.15) is 39.2 Å². The Kier molecular flexibility index (Phi) is 6.78. The molecule has 0 spiro atoms. The lowest BCUT2D eigenvalue weighted by Gasteiger charge is -2.32. The topological polar surface area (TPSA) is 78.9 Å². The molecule has 15 heteroatoms. The molecule has 2 rings (SSSR count). The van der Waals surface area contributed by atoms with Gasteiger partial charge in [0, 0.05) is 17.4 Å². The lowest BCUT2D eigenvalue weighted by Crippen LogP contribution is -2.47. The van der Waals surface area contributed by atoms with Gasteiger partial charge < -0.3 is 13.7 Å². The highest BCUT2D eigenvalue weighted by Gasteiger charge is 2.66. The fraction of sp³-hybridized carbons (Fsp3) is 0.588. The summed E-state index contributed by atoms with van der Waals surface area (Å²) in [6, 6.07) is 0.842. The first-order valence-corrected chi connectivity index (χ1v) is 10.2. The Hall–Kier alpha value is -2.16. The predicted molar refractivity (Wildman–Crippen MR) is 89.8 cm³/mol. The highest BCUT2D eigenvalue weighted by atomic mass is 32.2. The van der Waals surface area contributed by atoms with Crippen molar-refractivity contribution in [3.8, 4) is 5.75 Å². The first-order valence-electron chi connectivity index (χ1n) is 8.78. The summed E-state index contributed by atoms with van der Waals surface area (Å²) in [6.07, 6.45) is -7.28. The van der Waals surface area contributed by atoms with Gasteiger partial charge in [0.1, 0.15) is 0 Å². The van der Waals surface area contributed by atoms with E-state index in [2.05, 4.69) is 8.92 Å². The average molecular weight is 500 g/mol. The summed E-state index contributed by atoms with van der Waals surface area (Å²) in [4.78, 5) is 12.3. The lowest BCUT2D eigenvalue weighted by atomic mass is 9.77. The van der Waals surface area contributed by atoms with Crippen molar-refractivity contribution in [2.75, 3.05) is 6.61 Å². The Labute approximate surface area is 176 Å². The van der Waals surface area contributed by atoms with Gasteiger partial charge in [0.2, 0.25) is 5.82 Å². The largest absolute Gasteiger partial charge is 0.534 e. The second kappa shape index (κ2) is 8.32. The van der Waals surface area contributed by atoms with Crippen molar-refractivity contribution in [2.24, 2.45) is 5.92 Å². The normalized spacial score (nSPS) is 26.8. The van der Waals surface area contributed by atoms with Crippen LogP contribution in [-0.2, 0) is 24.4 Å². The van der Waals surface area contributed by atoms with E-state index < -0.39 is 74.3 Å². The molecule has 0 saturated carbocycles. The number of esters is 1. The quantitative estimate of drug-likeness (QED) is 0.261. The highest BCUT2D eigenvalue weighted by Crippen LogP contribution is 2.55. The SMILES string of the molecule is CCOC(=O)[C@@H]1O[C@@](C)(C(F)(F)F)[C@@H](C)[C@H]1c1ccc(F)c(F)c1OS(=O)(=O)C(F)(F)F. The summed E-state index contributed by atoms with van der Waals surface area (Å²) >= 11 is 0. The third-order valence-corrected chi connectivity index (χ3v) is 6.06. The molecular weight excluding hydrogens is 484 g/mol. The molecule has 1 heterocycles. The number of benzene rings is 1. The Morgan fingerprint density at radius 1 is 1.16 bits per heavy atom. The van der Waals surface area contributed by atoms with E-state index >= 15 is 0 Å². The van der Waals surface area contributed by atoms with Gasteiger partial charge in [-0.15, -0.1) is 0 Å². The Morgan fingerprint density at radius 3 is 2.19 bits per heavy atom. The molecule has 0 amide bonds. The Balaban J connectivity index is 2.75. The fourth-order valence-corrected chi connectivity index (χ4v) is 3.76. The molecule has 32 heavy (non-hydrogen) atoms. The van der Waals surface area contributed by atoms with Crippen molar-refractivity contribution in [2.45, 2.75) is 50.1 Å². The molecule has 0 bridgehead atoms. The Morgan fingerprint density at radius 2 is 1.72 bits per heavy atom. The van der Waals surface area contributed by atoms with Crippen LogP contribution in [0.4, 0.5) is 35.1 Å². The second-order valence-corrected chi connectivity index (χ2v) is 8.51. The maximum Gasteiger partial charge on any atom is 0.534 e. The van der Waals surface area contributed by atoms with Crippen LogP contribution < -0.4 is 4.18 Å². The number of carbonyl (C=O) groups is 1. The second-order valence-electron chi connectivity index (χ2n) is 6.97. The summed E-state index contributed by atoms with van der Waals surface area (Å²) in [5.74, 6) is -11.0. The lowest BCUT2D eigenvalue weighted by molar-refractivity contribution is -0.274. The van der Waals surface area contributed by atoms with Gasteiger partial charge in [-0.3, -0.25) is 0 Å². The van der Waals surface area contributed by atoms with Crippen molar-refractivity contribution in [1.29, 1.82) is 0 Å². The number of alkyl halides is 6. The Bertz CT molecular complexity index is 990. The molecule has 0 aliphatic carbocycles. The number of halogens is 8. The van der Waals surface area contributed by atoms with Gasteiger partial charge >= 0.3 is 27.8 Å². The molecule has 0 unspecified atom stereocenters. The number of ether oxygens (including phenoxy) is 2. The maximum atomic E-state index is 14.4. The molecule has 182 valence electrons. The molecule has 0 aromatic heterocycles. The van der Waals surface area contributed by atoms with Crippen LogP contribution in [0.25, 0.3) is 0 Å². The maximum absolute atomic E-state index is 14.4. The van der Waals surface area contributed by atoms with E-state index in [0.29, 0.717) is 19.1 Å². The van der Waals surface area contributed by atoms with Gasteiger partial charge in [0.25, 0.3) is 0 Å². The van der Waals surface area contributed by atoms with Crippen molar-refractivity contribution in [3.63, 3.8) is 0 Å². The number of hydrogen-bond acceptors (Lipinski definition) is 6. The molecule has 4 atom stereocenters. The smallest absolute Gasteiger partial charge is 0.464 e. The third kappa shape index (κ3) is 4.36. The van der Waals surface area contributed by atoms with E-state index in [4.69, 9.17) is 4.74 Å². The van der Waals surface area contributed by atoms with Crippen molar-refractivity contribution in [3.05, 3.63) is 29.3 Å². The molecule has 6 nitrogen and oxygen atoms in total. The average Bonchev–Trinajstić information content (AvgIpc) is 2.91. The highest BCUT2D eigenvalue weighted by molar-refractivity contribution is 7.88. The van der Waals surface area contributed by atoms with Gasteiger partial charge in [-0.25, -0.2) is 9.18 Å². The zero-order chi connectivity index (χ0) is 24.9. The van der Waals surface area contributed by atoms with Crippen LogP contribution in [0.5, 0.6) is 5.75 Å². The standard InChI is InChI=1S/C17H16F8O6S/c1-4-29-14(26)13-10(7(2)15(3,30-13)16(20,21)22)8-5-6-9(18)11(19)12(8)31-32(27,28)17(23,24)25/h5-7,10,13H,4H2,1-3H3/t7-,10-,13+,15+/m0/s1. The van der Waals surface area contributed by atoms with E-state index in [1.54, 1.807) is 0 Å². The van der Waals surface area contributed by atoms with Crippen molar-refractivity contribution < 1.29 is 62.0 Å². The van der Waals surface area contributed by atoms with Crippen LogP contribution in [0, 0.1) is 17.6 Å². The minimum atomic E-state index is -6.55. The summed E-state index contributed by atoms with van der Waals surface area (Å²) in [6.45, 7) is 2.40. The predicted octanol–water partition coefficient (Wildman–Crippen LogP) is 4.20. The monoisotopic (exact) mass is 500 g/mol. The molecule has 1 aliphatic rings. The van der Waals surface area contributed by atoms with Gasteiger partial charge in [0.15, 0.2) is 23.3 Å². The summed E-state index contributed by atoms with van der Waals surface area (Å²) in [7, 11) is -6.55. The van der Waals surface area contributed by atoms with E-state index in [1.165, 1.54) is 6.92 Å². The summed E-state index contributed by atoms with van der Waals surface area (Å²) in [5, 5.41) is 0. The van der Waals surface area contributed by atoms with E-state index in [1.807, 2.05) is 0 Å². The van der Waals surface area contributed by atoms with Crippen molar-refractivity contribution >= 4 is 16.1 Å². The van der Waals surface area contributed by atoms with Crippen LogP contribution in [0.3, 0.4) is 0 Å². The van der Waals surface area contributed by atoms with Crippen LogP contribution >= 0.6 is 0 Å². The van der Waals surface area contributed by atoms with Gasteiger partial charge in [0.05, 0.1) is 6.61 Å². The fourth-order valence-electron chi connectivity index (χ4n) is 3.28. The first-order chi connectivity index (χ1) is 14.4. The summed E-state index contributed by atoms with van der Waals surface area (Å²) < 4.78 is 143. The van der Waals surface area contributed by atoms with Crippen LogP contribution in [-0.4, -0.2) is 44.4 Å². The zero-order valence-corrected chi connectivity index (χ0v) is 17.3. The van der Waals surface area contributed by atoms with E-state index in [-0.39, 0.29) is 6.61 Å². The molecule has 0 N–H and O–H groups in total.